The van der Waals surface area contributed by atoms with Crippen molar-refractivity contribution in [3.63, 3.8) is 0 Å². The molecule has 2 N–H and O–H groups in total. The Labute approximate surface area is 114 Å². The first kappa shape index (κ1) is 13.8. The fourth-order valence-electron chi connectivity index (χ4n) is 3.23. The van der Waals surface area contributed by atoms with Crippen molar-refractivity contribution in [1.29, 1.82) is 0 Å². The first-order chi connectivity index (χ1) is 8.26. The quantitative estimate of drug-likeness (QED) is 0.918. The van der Waals surface area contributed by atoms with Crippen molar-refractivity contribution < 1.29 is 4.52 Å². The lowest BCUT2D eigenvalue weighted by Crippen LogP contribution is -2.34. The van der Waals surface area contributed by atoms with Crippen molar-refractivity contribution in [1.82, 2.24) is 10.1 Å². The number of hydrogen-bond donors (Lipinski definition) is 1. The third kappa shape index (κ3) is 2.69. The van der Waals surface area contributed by atoms with Gasteiger partial charge in [0, 0.05) is 6.42 Å². The normalized spacial score (nSPS) is 23.2. The molecular formula is C13H22ClN3O. The Hall–Kier alpha value is -0.610. The zero-order valence-corrected chi connectivity index (χ0v) is 11.5. The second kappa shape index (κ2) is 5.57. The van der Waals surface area contributed by atoms with Crippen molar-refractivity contribution in [3.05, 3.63) is 11.7 Å². The van der Waals surface area contributed by atoms with Gasteiger partial charge >= 0.3 is 0 Å². The van der Waals surface area contributed by atoms with Gasteiger partial charge in [-0.3, -0.25) is 0 Å². The van der Waals surface area contributed by atoms with Gasteiger partial charge in [-0.2, -0.15) is 4.98 Å². The lowest BCUT2D eigenvalue weighted by Gasteiger charge is -2.17. The number of aromatic nitrogens is 2. The maximum absolute atomic E-state index is 6.32. The highest BCUT2D eigenvalue weighted by Crippen LogP contribution is 2.35. The minimum absolute atomic E-state index is 0. The molecule has 3 rings (SSSR count). The zero-order valence-electron chi connectivity index (χ0n) is 10.7. The van der Waals surface area contributed by atoms with E-state index in [9.17, 15) is 0 Å². The van der Waals surface area contributed by atoms with Crippen molar-refractivity contribution in [2.45, 2.75) is 63.3 Å². The van der Waals surface area contributed by atoms with Gasteiger partial charge in [0.1, 0.15) is 0 Å². The molecule has 0 atom stereocenters. The number of nitrogens with two attached hydrogens (primary N) is 1. The van der Waals surface area contributed by atoms with Gasteiger partial charge in [0.05, 0.1) is 5.54 Å². The maximum atomic E-state index is 6.32. The van der Waals surface area contributed by atoms with Gasteiger partial charge in [0.2, 0.25) is 5.89 Å². The summed E-state index contributed by atoms with van der Waals surface area (Å²) in [5.74, 6) is 2.28. The van der Waals surface area contributed by atoms with Crippen molar-refractivity contribution in [3.8, 4) is 0 Å². The molecule has 0 amide bonds. The van der Waals surface area contributed by atoms with Crippen LogP contribution in [-0.4, -0.2) is 10.1 Å². The molecule has 0 spiro atoms. The zero-order chi connectivity index (χ0) is 11.7. The fourth-order valence-corrected chi connectivity index (χ4v) is 3.23. The number of hydrogen-bond acceptors (Lipinski definition) is 4. The summed E-state index contributed by atoms with van der Waals surface area (Å²) in [6.07, 6.45) is 10.6. The van der Waals surface area contributed by atoms with Crippen LogP contribution in [0.25, 0.3) is 0 Å². The molecule has 1 heterocycles. The smallest absolute Gasteiger partial charge is 0.226 e. The highest BCUT2D eigenvalue weighted by Gasteiger charge is 2.36. The summed E-state index contributed by atoms with van der Waals surface area (Å²) in [7, 11) is 0. The molecule has 1 aromatic heterocycles. The van der Waals surface area contributed by atoms with Crippen molar-refractivity contribution in [2.75, 3.05) is 0 Å². The molecule has 2 aliphatic rings. The van der Waals surface area contributed by atoms with Crippen LogP contribution in [0.5, 0.6) is 0 Å². The second-order valence-corrected chi connectivity index (χ2v) is 5.73. The van der Waals surface area contributed by atoms with Crippen LogP contribution >= 0.6 is 12.4 Å². The Morgan fingerprint density at radius 2 is 1.83 bits per heavy atom. The molecule has 2 aliphatic carbocycles. The summed E-state index contributed by atoms with van der Waals surface area (Å²) in [4.78, 5) is 4.52. The summed E-state index contributed by atoms with van der Waals surface area (Å²) >= 11 is 0. The summed E-state index contributed by atoms with van der Waals surface area (Å²) in [5.41, 5.74) is 6.01. The lowest BCUT2D eigenvalue weighted by atomic mass is 9.98. The summed E-state index contributed by atoms with van der Waals surface area (Å²) in [6, 6.07) is 0. The Morgan fingerprint density at radius 3 is 2.50 bits per heavy atom. The predicted octanol–water partition coefficient (Wildman–Crippen LogP) is 2.95. The standard InChI is InChI=1S/C13H21N3O.ClH/c14-13(7-3-4-8-13)12-15-11(17-16-12)9-10-5-1-2-6-10;/h10H,1-9,14H2;1H. The van der Waals surface area contributed by atoms with E-state index in [0.717, 1.165) is 36.9 Å². The average molecular weight is 272 g/mol. The molecule has 0 bridgehead atoms. The van der Waals surface area contributed by atoms with E-state index in [-0.39, 0.29) is 17.9 Å². The monoisotopic (exact) mass is 271 g/mol. The molecule has 102 valence electrons. The third-order valence-electron chi connectivity index (χ3n) is 4.35. The minimum atomic E-state index is -0.308. The number of halogens is 1. The molecule has 0 unspecified atom stereocenters. The molecule has 0 aliphatic heterocycles. The molecule has 2 saturated carbocycles. The van der Waals surface area contributed by atoms with Crippen LogP contribution < -0.4 is 5.73 Å². The van der Waals surface area contributed by atoms with E-state index in [1.54, 1.807) is 0 Å². The van der Waals surface area contributed by atoms with Crippen LogP contribution in [0.3, 0.4) is 0 Å². The van der Waals surface area contributed by atoms with Crippen LogP contribution in [-0.2, 0) is 12.0 Å². The summed E-state index contributed by atoms with van der Waals surface area (Å²) in [6.45, 7) is 0. The molecule has 0 aromatic carbocycles. The van der Waals surface area contributed by atoms with E-state index >= 15 is 0 Å². The van der Waals surface area contributed by atoms with Crippen molar-refractivity contribution >= 4 is 12.4 Å². The Bertz CT molecular complexity index is 381. The number of nitrogens with zero attached hydrogens (tertiary/aromatic N) is 2. The second-order valence-electron chi connectivity index (χ2n) is 5.73. The van der Waals surface area contributed by atoms with E-state index in [1.807, 2.05) is 0 Å². The minimum Gasteiger partial charge on any atom is -0.339 e. The lowest BCUT2D eigenvalue weighted by molar-refractivity contribution is 0.334. The molecule has 5 heteroatoms. The van der Waals surface area contributed by atoms with E-state index < -0.39 is 0 Å². The fraction of sp³-hybridized carbons (Fsp3) is 0.846. The van der Waals surface area contributed by atoms with Crippen molar-refractivity contribution in [2.24, 2.45) is 11.7 Å². The molecular weight excluding hydrogens is 250 g/mol. The Morgan fingerprint density at radius 1 is 1.17 bits per heavy atom. The van der Waals surface area contributed by atoms with Crippen LogP contribution in [0.4, 0.5) is 0 Å². The largest absolute Gasteiger partial charge is 0.339 e. The average Bonchev–Trinajstić information content (AvgIpc) is 3.00. The highest BCUT2D eigenvalue weighted by molar-refractivity contribution is 5.85. The van der Waals surface area contributed by atoms with Crippen LogP contribution in [0, 0.1) is 5.92 Å². The van der Waals surface area contributed by atoms with Gasteiger partial charge in [-0.1, -0.05) is 30.8 Å². The predicted molar refractivity (Wildman–Crippen MR) is 71.5 cm³/mol. The first-order valence-corrected chi connectivity index (χ1v) is 6.88. The molecule has 18 heavy (non-hydrogen) atoms. The third-order valence-corrected chi connectivity index (χ3v) is 4.35. The van der Waals surface area contributed by atoms with E-state index in [4.69, 9.17) is 10.3 Å². The van der Waals surface area contributed by atoms with Gasteiger partial charge in [-0.15, -0.1) is 12.4 Å². The van der Waals surface area contributed by atoms with Gasteiger partial charge in [-0.25, -0.2) is 0 Å². The van der Waals surface area contributed by atoms with E-state index in [0.29, 0.717) is 0 Å². The molecule has 4 nitrogen and oxygen atoms in total. The van der Waals surface area contributed by atoms with Gasteiger partial charge < -0.3 is 10.3 Å². The SMILES string of the molecule is Cl.NC1(c2noc(CC3CCCC3)n2)CCCC1. The van der Waals surface area contributed by atoms with Crippen LogP contribution in [0.1, 0.15) is 63.1 Å². The topological polar surface area (TPSA) is 64.9 Å². The van der Waals surface area contributed by atoms with E-state index in [1.165, 1.54) is 38.5 Å². The molecule has 0 radical (unpaired) electrons. The highest BCUT2D eigenvalue weighted by atomic mass is 35.5. The Balaban J connectivity index is 0.00000120. The van der Waals surface area contributed by atoms with Crippen LogP contribution in [0.2, 0.25) is 0 Å². The summed E-state index contributed by atoms with van der Waals surface area (Å²) < 4.78 is 5.36. The van der Waals surface area contributed by atoms with Crippen LogP contribution in [0.15, 0.2) is 4.52 Å². The maximum Gasteiger partial charge on any atom is 0.226 e. The number of rotatable bonds is 3. The Kier molecular flexibility index (Phi) is 4.28. The molecule has 2 fully saturated rings. The van der Waals surface area contributed by atoms with E-state index in [2.05, 4.69) is 10.1 Å². The summed E-state index contributed by atoms with van der Waals surface area (Å²) in [5, 5.41) is 4.10. The van der Waals surface area contributed by atoms with Gasteiger partial charge in [0.15, 0.2) is 5.82 Å². The molecule has 0 saturated heterocycles. The molecule has 1 aromatic rings. The first-order valence-electron chi connectivity index (χ1n) is 6.88. The van der Waals surface area contributed by atoms with Gasteiger partial charge in [-0.05, 0) is 31.6 Å². The van der Waals surface area contributed by atoms with Gasteiger partial charge in [0.25, 0.3) is 0 Å².